The Morgan fingerprint density at radius 1 is 0.972 bits per heavy atom. The standard InChI is InChI=1S/C27H31N3O6/c1-29(21(31)17-35-2)16-20-22-23(25(33)30(24(22)32)15-19-12-8-5-9-13-19)27(28-20,26(34)36-3)14-18-10-6-4-7-11-18/h4-13,20,22-23,28H,14-17H2,1-3H3/t20-,22+,23-,27-/m1/s1. The Bertz CT molecular complexity index is 1120. The van der Waals surface area contributed by atoms with Crippen LogP contribution in [0.5, 0.6) is 0 Å². The molecule has 1 N–H and O–H groups in total. The summed E-state index contributed by atoms with van der Waals surface area (Å²) >= 11 is 0. The monoisotopic (exact) mass is 493 g/mol. The normalized spacial score (nSPS) is 25.1. The molecule has 36 heavy (non-hydrogen) atoms. The van der Waals surface area contributed by atoms with E-state index in [9.17, 15) is 19.2 Å². The number of hydrogen-bond acceptors (Lipinski definition) is 7. The summed E-state index contributed by atoms with van der Waals surface area (Å²) in [6.45, 7) is 0.116. The number of carbonyl (C=O) groups is 4. The number of fused-ring (bicyclic) bond motifs is 1. The molecule has 4 atom stereocenters. The van der Waals surface area contributed by atoms with Crippen LogP contribution in [0.1, 0.15) is 11.1 Å². The fourth-order valence-corrected chi connectivity index (χ4v) is 5.42. The van der Waals surface area contributed by atoms with Crippen LogP contribution < -0.4 is 5.32 Å². The van der Waals surface area contributed by atoms with Gasteiger partial charge in [0, 0.05) is 33.2 Å². The Kier molecular flexibility index (Phi) is 7.51. The number of carbonyl (C=O) groups excluding carboxylic acids is 4. The third-order valence-corrected chi connectivity index (χ3v) is 7.07. The second kappa shape index (κ2) is 10.6. The summed E-state index contributed by atoms with van der Waals surface area (Å²) in [4.78, 5) is 56.1. The lowest BCUT2D eigenvalue weighted by atomic mass is 9.76. The van der Waals surface area contributed by atoms with Gasteiger partial charge >= 0.3 is 5.97 Å². The van der Waals surface area contributed by atoms with Gasteiger partial charge < -0.3 is 14.4 Å². The fraction of sp³-hybridized carbons (Fsp3) is 0.407. The molecule has 9 heteroatoms. The lowest BCUT2D eigenvalue weighted by Gasteiger charge is -2.33. The molecule has 4 rings (SSSR count). The van der Waals surface area contributed by atoms with Crippen molar-refractivity contribution in [3.63, 3.8) is 0 Å². The molecule has 0 aliphatic carbocycles. The van der Waals surface area contributed by atoms with Crippen LogP contribution in [0.25, 0.3) is 0 Å². The van der Waals surface area contributed by atoms with Crippen molar-refractivity contribution in [2.24, 2.45) is 11.8 Å². The molecule has 3 amide bonds. The van der Waals surface area contributed by atoms with Crippen molar-refractivity contribution >= 4 is 23.7 Å². The zero-order chi connectivity index (χ0) is 25.9. The quantitative estimate of drug-likeness (QED) is 0.411. The summed E-state index contributed by atoms with van der Waals surface area (Å²) in [7, 11) is 4.31. The number of likely N-dealkylation sites (N-methyl/N-ethyl adjacent to an activating group) is 1. The van der Waals surface area contributed by atoms with Gasteiger partial charge in [0.1, 0.15) is 12.1 Å². The number of nitrogens with zero attached hydrogens (tertiary/aromatic N) is 2. The van der Waals surface area contributed by atoms with Crippen LogP contribution in [0.3, 0.4) is 0 Å². The smallest absolute Gasteiger partial charge is 0.327 e. The van der Waals surface area contributed by atoms with E-state index < -0.39 is 35.3 Å². The average Bonchev–Trinajstić information content (AvgIpc) is 3.33. The minimum atomic E-state index is -1.46. The van der Waals surface area contributed by atoms with Crippen LogP contribution >= 0.6 is 0 Å². The maximum atomic E-state index is 13.9. The number of imide groups is 1. The second-order valence-electron chi connectivity index (χ2n) is 9.34. The molecule has 0 spiro atoms. The van der Waals surface area contributed by atoms with Gasteiger partial charge in [0.15, 0.2) is 0 Å². The summed E-state index contributed by atoms with van der Waals surface area (Å²) in [5, 5.41) is 3.30. The molecule has 0 bridgehead atoms. The molecule has 0 unspecified atom stereocenters. The van der Waals surface area contributed by atoms with E-state index in [0.717, 1.165) is 11.1 Å². The lowest BCUT2D eigenvalue weighted by molar-refractivity contribution is -0.154. The Morgan fingerprint density at radius 2 is 1.58 bits per heavy atom. The molecule has 2 aliphatic heterocycles. The van der Waals surface area contributed by atoms with E-state index in [4.69, 9.17) is 9.47 Å². The highest BCUT2D eigenvalue weighted by atomic mass is 16.5. The van der Waals surface area contributed by atoms with Crippen molar-refractivity contribution < 1.29 is 28.7 Å². The predicted octanol–water partition coefficient (Wildman–Crippen LogP) is 1.02. The first kappa shape index (κ1) is 25.5. The molecule has 2 fully saturated rings. The van der Waals surface area contributed by atoms with E-state index in [2.05, 4.69) is 5.32 Å². The van der Waals surface area contributed by atoms with Crippen molar-refractivity contribution in [3.05, 3.63) is 71.8 Å². The maximum Gasteiger partial charge on any atom is 0.327 e. The second-order valence-corrected chi connectivity index (χ2v) is 9.34. The van der Waals surface area contributed by atoms with Crippen molar-refractivity contribution in [2.45, 2.75) is 24.5 Å². The number of likely N-dealkylation sites (tertiary alicyclic amines) is 1. The minimum absolute atomic E-state index is 0.110. The SMILES string of the molecule is COCC(=O)N(C)C[C@H]1N[C@@](Cc2ccccc2)(C(=O)OC)[C@H]2C(=O)N(Cc3ccccc3)C(=O)[C@@H]12. The topological polar surface area (TPSA) is 105 Å². The average molecular weight is 494 g/mol. The van der Waals surface area contributed by atoms with E-state index in [1.807, 2.05) is 60.7 Å². The molecular weight excluding hydrogens is 462 g/mol. The number of benzene rings is 2. The van der Waals surface area contributed by atoms with Crippen LogP contribution in [0.15, 0.2) is 60.7 Å². The first-order valence-electron chi connectivity index (χ1n) is 11.8. The largest absolute Gasteiger partial charge is 0.468 e. The maximum absolute atomic E-state index is 13.9. The highest BCUT2D eigenvalue weighted by Crippen LogP contribution is 2.45. The zero-order valence-electron chi connectivity index (χ0n) is 20.7. The summed E-state index contributed by atoms with van der Waals surface area (Å²) < 4.78 is 10.2. The van der Waals surface area contributed by atoms with Crippen molar-refractivity contribution in [1.82, 2.24) is 15.1 Å². The van der Waals surface area contributed by atoms with E-state index in [-0.39, 0.29) is 37.9 Å². The summed E-state index contributed by atoms with van der Waals surface area (Å²) in [5.74, 6) is -3.47. The van der Waals surface area contributed by atoms with Gasteiger partial charge in [-0.3, -0.25) is 29.4 Å². The highest BCUT2D eigenvalue weighted by molar-refractivity contribution is 6.09. The molecule has 0 saturated carbocycles. The van der Waals surface area contributed by atoms with E-state index >= 15 is 0 Å². The molecule has 0 aromatic heterocycles. The van der Waals surface area contributed by atoms with Crippen molar-refractivity contribution in [1.29, 1.82) is 0 Å². The van der Waals surface area contributed by atoms with Gasteiger partial charge in [-0.05, 0) is 11.1 Å². The third-order valence-electron chi connectivity index (χ3n) is 7.07. The number of ether oxygens (including phenoxy) is 2. The molecule has 2 heterocycles. The number of methoxy groups -OCH3 is 2. The van der Waals surface area contributed by atoms with Gasteiger partial charge in [-0.25, -0.2) is 0 Å². The first-order valence-corrected chi connectivity index (χ1v) is 11.8. The Labute approximate surface area is 210 Å². The van der Waals surface area contributed by atoms with Crippen LogP contribution in [0.2, 0.25) is 0 Å². The molecular formula is C27H31N3O6. The van der Waals surface area contributed by atoms with Crippen LogP contribution in [-0.2, 0) is 41.6 Å². The Morgan fingerprint density at radius 3 is 2.17 bits per heavy atom. The lowest BCUT2D eigenvalue weighted by Crippen LogP contribution is -2.59. The molecule has 2 aliphatic rings. The van der Waals surface area contributed by atoms with E-state index in [1.54, 1.807) is 7.05 Å². The fourth-order valence-electron chi connectivity index (χ4n) is 5.42. The van der Waals surface area contributed by atoms with E-state index in [0.29, 0.717) is 0 Å². The Balaban J connectivity index is 1.74. The summed E-state index contributed by atoms with van der Waals surface area (Å²) in [6, 6.07) is 17.9. The number of esters is 1. The van der Waals surface area contributed by atoms with Crippen molar-refractivity contribution in [2.75, 3.05) is 34.4 Å². The van der Waals surface area contributed by atoms with Gasteiger partial charge in [-0.2, -0.15) is 0 Å². The number of rotatable bonds is 9. The predicted molar refractivity (Wildman–Crippen MR) is 130 cm³/mol. The first-order chi connectivity index (χ1) is 17.3. The molecule has 9 nitrogen and oxygen atoms in total. The minimum Gasteiger partial charge on any atom is -0.468 e. The van der Waals surface area contributed by atoms with Gasteiger partial charge in [-0.15, -0.1) is 0 Å². The number of nitrogens with one attached hydrogen (secondary N) is 1. The van der Waals surface area contributed by atoms with Crippen LogP contribution in [0, 0.1) is 11.8 Å². The van der Waals surface area contributed by atoms with Crippen molar-refractivity contribution in [3.8, 4) is 0 Å². The molecule has 190 valence electrons. The van der Waals surface area contributed by atoms with Crippen LogP contribution in [-0.4, -0.2) is 79.5 Å². The summed E-state index contributed by atoms with van der Waals surface area (Å²) in [5.41, 5.74) is 0.164. The zero-order valence-corrected chi connectivity index (χ0v) is 20.7. The Hall–Kier alpha value is -3.56. The van der Waals surface area contributed by atoms with Gasteiger partial charge in [0.2, 0.25) is 17.7 Å². The highest BCUT2D eigenvalue weighted by Gasteiger charge is 2.68. The van der Waals surface area contributed by atoms with E-state index in [1.165, 1.54) is 24.0 Å². The molecule has 0 radical (unpaired) electrons. The number of amides is 3. The van der Waals surface area contributed by atoms with Gasteiger partial charge in [0.05, 0.1) is 25.5 Å². The van der Waals surface area contributed by atoms with Gasteiger partial charge in [-0.1, -0.05) is 60.7 Å². The molecule has 2 aromatic carbocycles. The number of hydrogen-bond donors (Lipinski definition) is 1. The van der Waals surface area contributed by atoms with Gasteiger partial charge in [0.25, 0.3) is 0 Å². The van der Waals surface area contributed by atoms with Crippen LogP contribution in [0.4, 0.5) is 0 Å². The molecule has 2 saturated heterocycles. The third kappa shape index (κ3) is 4.64. The molecule has 2 aromatic rings. The summed E-state index contributed by atoms with van der Waals surface area (Å²) in [6.07, 6.45) is 0.159.